The first-order valence-electron chi connectivity index (χ1n) is 9.38. The van der Waals surface area contributed by atoms with Crippen LogP contribution in [0.5, 0.6) is 0 Å². The number of aromatic nitrogens is 5. The fourth-order valence-corrected chi connectivity index (χ4v) is 4.10. The van der Waals surface area contributed by atoms with Crippen molar-refractivity contribution in [3.05, 3.63) is 41.2 Å². The van der Waals surface area contributed by atoms with Crippen LogP contribution in [0.25, 0.3) is 33.5 Å². The molecule has 1 saturated carbocycles. The maximum absolute atomic E-state index is 12.7. The lowest BCUT2D eigenvalue weighted by molar-refractivity contribution is 0.0939. The summed E-state index contributed by atoms with van der Waals surface area (Å²) in [5.41, 5.74) is 3.91. The molecule has 28 heavy (non-hydrogen) atoms. The number of fused-ring (bicyclic) bond motifs is 2. The number of benzene rings is 1. The van der Waals surface area contributed by atoms with Crippen LogP contribution in [-0.4, -0.2) is 36.7 Å². The van der Waals surface area contributed by atoms with Gasteiger partial charge in [0.25, 0.3) is 5.91 Å². The van der Waals surface area contributed by atoms with E-state index < -0.39 is 0 Å². The van der Waals surface area contributed by atoms with Gasteiger partial charge in [0.15, 0.2) is 5.65 Å². The van der Waals surface area contributed by atoms with Crippen LogP contribution in [0, 0.1) is 0 Å². The van der Waals surface area contributed by atoms with E-state index in [0.717, 1.165) is 23.7 Å². The van der Waals surface area contributed by atoms with Gasteiger partial charge in [-0.3, -0.25) is 9.48 Å². The fourth-order valence-electron chi connectivity index (χ4n) is 3.93. The van der Waals surface area contributed by atoms with Crippen LogP contribution >= 0.6 is 11.6 Å². The van der Waals surface area contributed by atoms with E-state index in [1.54, 1.807) is 17.1 Å². The molecule has 5 rings (SSSR count). The average molecular weight is 395 g/mol. The minimum absolute atomic E-state index is 0.109. The van der Waals surface area contributed by atoms with Crippen LogP contribution in [0.2, 0.25) is 5.02 Å². The largest absolute Gasteiger partial charge is 0.349 e. The first-order valence-corrected chi connectivity index (χ1v) is 9.75. The van der Waals surface area contributed by atoms with Crippen molar-refractivity contribution in [1.29, 1.82) is 0 Å². The molecule has 3 heterocycles. The number of halogens is 1. The van der Waals surface area contributed by atoms with Crippen LogP contribution < -0.4 is 5.32 Å². The molecule has 0 aliphatic heterocycles. The van der Waals surface area contributed by atoms with E-state index in [0.29, 0.717) is 33.1 Å². The Morgan fingerprint density at radius 3 is 2.96 bits per heavy atom. The molecular formula is C20H19ClN6O. The van der Waals surface area contributed by atoms with Crippen LogP contribution in [0.4, 0.5) is 0 Å². The predicted octanol–water partition coefficient (Wildman–Crippen LogP) is 3.84. The lowest BCUT2D eigenvalue weighted by atomic mass is 10.1. The zero-order valence-corrected chi connectivity index (χ0v) is 16.1. The number of nitrogens with one attached hydrogen (secondary N) is 2. The Bertz CT molecular complexity index is 1200. The minimum Gasteiger partial charge on any atom is -0.349 e. The molecule has 7 nitrogen and oxygen atoms in total. The molecule has 0 saturated heterocycles. The van der Waals surface area contributed by atoms with Gasteiger partial charge in [0, 0.05) is 29.7 Å². The molecule has 142 valence electrons. The van der Waals surface area contributed by atoms with Gasteiger partial charge in [-0.25, -0.2) is 9.97 Å². The number of nitrogens with zero attached hydrogens (tertiary/aromatic N) is 4. The van der Waals surface area contributed by atoms with Crippen LogP contribution in [0.1, 0.15) is 36.0 Å². The van der Waals surface area contributed by atoms with Gasteiger partial charge >= 0.3 is 0 Å². The predicted molar refractivity (Wildman–Crippen MR) is 108 cm³/mol. The Kier molecular flexibility index (Phi) is 4.05. The van der Waals surface area contributed by atoms with Gasteiger partial charge in [0.1, 0.15) is 16.9 Å². The minimum atomic E-state index is -0.109. The molecule has 3 aromatic heterocycles. The van der Waals surface area contributed by atoms with Gasteiger partial charge in [-0.15, -0.1) is 0 Å². The first kappa shape index (κ1) is 17.2. The second-order valence-corrected chi connectivity index (χ2v) is 7.68. The number of amides is 1. The smallest absolute Gasteiger partial charge is 0.255 e. The van der Waals surface area contributed by atoms with Gasteiger partial charge in [0.2, 0.25) is 0 Å². The third-order valence-corrected chi connectivity index (χ3v) is 5.61. The second-order valence-electron chi connectivity index (χ2n) is 7.24. The highest BCUT2D eigenvalue weighted by atomic mass is 35.5. The summed E-state index contributed by atoms with van der Waals surface area (Å²) in [6.07, 6.45) is 7.75. The summed E-state index contributed by atoms with van der Waals surface area (Å²) in [5, 5.41) is 9.30. The molecule has 2 N–H and O–H groups in total. The van der Waals surface area contributed by atoms with Crippen molar-refractivity contribution >= 4 is 39.6 Å². The number of aromatic amines is 1. The number of H-pyrrole nitrogens is 1. The molecule has 1 aliphatic carbocycles. The molecule has 4 aromatic rings. The average Bonchev–Trinajstić information content (AvgIpc) is 3.40. The Morgan fingerprint density at radius 1 is 1.32 bits per heavy atom. The van der Waals surface area contributed by atoms with E-state index in [2.05, 4.69) is 20.4 Å². The highest BCUT2D eigenvalue weighted by Gasteiger charge is 2.22. The van der Waals surface area contributed by atoms with Crippen LogP contribution in [-0.2, 0) is 7.05 Å². The second kappa shape index (κ2) is 6.60. The Balaban J connectivity index is 1.57. The van der Waals surface area contributed by atoms with E-state index in [9.17, 15) is 4.79 Å². The maximum Gasteiger partial charge on any atom is 0.255 e. The molecule has 8 heteroatoms. The van der Waals surface area contributed by atoms with Crippen molar-refractivity contribution in [1.82, 2.24) is 30.0 Å². The van der Waals surface area contributed by atoms with E-state index in [-0.39, 0.29) is 11.9 Å². The van der Waals surface area contributed by atoms with E-state index in [1.165, 1.54) is 12.8 Å². The van der Waals surface area contributed by atoms with Crippen LogP contribution in [0.15, 0.2) is 30.6 Å². The van der Waals surface area contributed by atoms with E-state index in [4.69, 9.17) is 16.6 Å². The molecular weight excluding hydrogens is 376 g/mol. The molecule has 1 aliphatic rings. The fraction of sp³-hybridized carbons (Fsp3) is 0.300. The molecule has 0 radical (unpaired) electrons. The van der Waals surface area contributed by atoms with Crippen molar-refractivity contribution in [2.45, 2.75) is 31.7 Å². The number of hydrogen-bond donors (Lipinski definition) is 2. The first-order chi connectivity index (χ1) is 13.6. The third kappa shape index (κ3) is 2.82. The Hall–Kier alpha value is -2.93. The maximum atomic E-state index is 12.7. The molecule has 0 unspecified atom stereocenters. The van der Waals surface area contributed by atoms with Gasteiger partial charge in [-0.2, -0.15) is 5.10 Å². The van der Waals surface area contributed by atoms with Gasteiger partial charge in [0.05, 0.1) is 17.3 Å². The lowest BCUT2D eigenvalue weighted by Crippen LogP contribution is -2.32. The zero-order chi connectivity index (χ0) is 19.3. The van der Waals surface area contributed by atoms with Crippen molar-refractivity contribution in [2.75, 3.05) is 0 Å². The number of aryl methyl sites for hydroxylation is 1. The number of hydrogen-bond acceptors (Lipinski definition) is 4. The van der Waals surface area contributed by atoms with Crippen LogP contribution in [0.3, 0.4) is 0 Å². The molecule has 0 spiro atoms. The molecule has 1 fully saturated rings. The quantitative estimate of drug-likeness (QED) is 0.552. The summed E-state index contributed by atoms with van der Waals surface area (Å²) >= 11 is 6.12. The summed E-state index contributed by atoms with van der Waals surface area (Å²) in [4.78, 5) is 25.0. The normalized spacial score (nSPS) is 14.9. The summed E-state index contributed by atoms with van der Waals surface area (Å²) in [6, 6.07) is 5.88. The molecule has 1 aromatic carbocycles. The Morgan fingerprint density at radius 2 is 2.14 bits per heavy atom. The molecule has 0 atom stereocenters. The topological polar surface area (TPSA) is 88.5 Å². The molecule has 0 bridgehead atoms. The van der Waals surface area contributed by atoms with E-state index in [1.807, 2.05) is 25.2 Å². The summed E-state index contributed by atoms with van der Waals surface area (Å²) < 4.78 is 1.77. The van der Waals surface area contributed by atoms with Gasteiger partial charge < -0.3 is 10.3 Å². The van der Waals surface area contributed by atoms with Gasteiger partial charge in [-0.1, -0.05) is 24.4 Å². The third-order valence-electron chi connectivity index (χ3n) is 5.37. The Labute approximate surface area is 166 Å². The highest BCUT2D eigenvalue weighted by molar-refractivity contribution is 6.31. The lowest BCUT2D eigenvalue weighted by Gasteiger charge is -2.10. The highest BCUT2D eigenvalue weighted by Crippen LogP contribution is 2.29. The summed E-state index contributed by atoms with van der Waals surface area (Å²) in [7, 11) is 1.87. The monoisotopic (exact) mass is 394 g/mol. The van der Waals surface area contributed by atoms with Gasteiger partial charge in [-0.05, 0) is 31.0 Å². The zero-order valence-electron chi connectivity index (χ0n) is 15.4. The number of carbonyl (C=O) groups excluding carboxylic acids is 1. The SMILES string of the molecule is Cn1nc(-c2cnc3[nH]cc(C(=O)NC4CCCC4)c3n2)c2ccc(Cl)cc21. The molecule has 1 amide bonds. The number of carbonyl (C=O) groups is 1. The van der Waals surface area contributed by atoms with Crippen molar-refractivity contribution < 1.29 is 4.79 Å². The summed E-state index contributed by atoms with van der Waals surface area (Å²) in [6.45, 7) is 0. The summed E-state index contributed by atoms with van der Waals surface area (Å²) in [5.74, 6) is -0.109. The van der Waals surface area contributed by atoms with E-state index >= 15 is 0 Å². The van der Waals surface area contributed by atoms with Crippen molar-refractivity contribution in [2.24, 2.45) is 7.05 Å². The van der Waals surface area contributed by atoms with Crippen molar-refractivity contribution in [3.63, 3.8) is 0 Å². The standard InChI is InChI=1S/C20H19ClN6O/c1-27-16-8-11(21)6-7-13(16)17(26-27)15-10-23-19-18(25-15)14(9-22-19)20(28)24-12-4-2-3-5-12/h6-10,12H,2-5H2,1H3,(H,22,23)(H,24,28). The number of rotatable bonds is 3. The van der Waals surface area contributed by atoms with Crippen molar-refractivity contribution in [3.8, 4) is 11.4 Å².